The number of hydrogen-bond acceptors (Lipinski definition) is 4. The van der Waals surface area contributed by atoms with Gasteiger partial charge in [-0.05, 0) is 55.3 Å². The Morgan fingerprint density at radius 1 is 0.912 bits per heavy atom. The van der Waals surface area contributed by atoms with Crippen LogP contribution in [0, 0.1) is 11.3 Å². The standard InChI is InChI=1S/C24H23F3N4O3/c25-24(26,27)18-5-3-4-17(12-18)22(33)29-14-21(32)30-19-6-1-2-7-20(19)31-23(34)16-10-8-15(13-28)9-11-16/h3-5,8-12,19-20H,1-2,6-7,14H2,(H,29,33)(H,30,32)(H,31,34)/t19-,20+/m1/s1. The first-order valence-electron chi connectivity index (χ1n) is 10.7. The lowest BCUT2D eigenvalue weighted by Crippen LogP contribution is -2.54. The zero-order chi connectivity index (χ0) is 24.7. The van der Waals surface area contributed by atoms with Crippen molar-refractivity contribution < 1.29 is 27.6 Å². The third kappa shape index (κ3) is 6.57. The fourth-order valence-corrected chi connectivity index (χ4v) is 3.78. The van der Waals surface area contributed by atoms with E-state index < -0.39 is 30.1 Å². The maximum absolute atomic E-state index is 12.8. The van der Waals surface area contributed by atoms with Crippen LogP contribution in [0.5, 0.6) is 0 Å². The van der Waals surface area contributed by atoms with Gasteiger partial charge in [-0.15, -0.1) is 0 Å². The van der Waals surface area contributed by atoms with Crippen LogP contribution in [0.15, 0.2) is 48.5 Å². The van der Waals surface area contributed by atoms with Gasteiger partial charge in [0.05, 0.1) is 23.7 Å². The Labute approximate surface area is 194 Å². The smallest absolute Gasteiger partial charge is 0.350 e. The number of hydrogen-bond donors (Lipinski definition) is 3. The van der Waals surface area contributed by atoms with Crippen molar-refractivity contribution >= 4 is 17.7 Å². The van der Waals surface area contributed by atoms with Gasteiger partial charge in [-0.3, -0.25) is 14.4 Å². The number of benzene rings is 2. The van der Waals surface area contributed by atoms with Crippen LogP contribution in [-0.4, -0.2) is 36.3 Å². The Balaban J connectivity index is 1.54. The van der Waals surface area contributed by atoms with E-state index in [1.165, 1.54) is 6.07 Å². The van der Waals surface area contributed by atoms with Gasteiger partial charge in [0.2, 0.25) is 5.91 Å². The monoisotopic (exact) mass is 472 g/mol. The van der Waals surface area contributed by atoms with Gasteiger partial charge < -0.3 is 16.0 Å². The second kappa shape index (κ2) is 10.8. The fourth-order valence-electron chi connectivity index (χ4n) is 3.78. The van der Waals surface area contributed by atoms with Gasteiger partial charge in [-0.1, -0.05) is 18.9 Å². The first-order valence-corrected chi connectivity index (χ1v) is 10.7. The van der Waals surface area contributed by atoms with Gasteiger partial charge in [0.1, 0.15) is 0 Å². The quantitative estimate of drug-likeness (QED) is 0.600. The van der Waals surface area contributed by atoms with Crippen molar-refractivity contribution in [3.8, 4) is 6.07 Å². The Bertz CT molecular complexity index is 1090. The van der Waals surface area contributed by atoms with Crippen molar-refractivity contribution in [2.75, 3.05) is 6.54 Å². The van der Waals surface area contributed by atoms with Gasteiger partial charge in [0.15, 0.2) is 0 Å². The van der Waals surface area contributed by atoms with Crippen molar-refractivity contribution in [1.82, 2.24) is 16.0 Å². The lowest BCUT2D eigenvalue weighted by Gasteiger charge is -2.33. The molecule has 0 radical (unpaired) electrons. The van der Waals surface area contributed by atoms with Crippen LogP contribution in [0.4, 0.5) is 13.2 Å². The third-order valence-corrected chi connectivity index (χ3v) is 5.57. The zero-order valence-electron chi connectivity index (χ0n) is 18.1. The van der Waals surface area contributed by atoms with Crippen LogP contribution in [0.1, 0.15) is 57.5 Å². The van der Waals surface area contributed by atoms with Crippen LogP contribution >= 0.6 is 0 Å². The van der Waals surface area contributed by atoms with Crippen LogP contribution in [-0.2, 0) is 11.0 Å². The summed E-state index contributed by atoms with van der Waals surface area (Å²) in [5.74, 6) is -1.63. The third-order valence-electron chi connectivity index (χ3n) is 5.57. The maximum atomic E-state index is 12.8. The molecule has 7 nitrogen and oxygen atoms in total. The molecule has 10 heteroatoms. The van der Waals surface area contributed by atoms with E-state index in [0.717, 1.165) is 31.0 Å². The van der Waals surface area contributed by atoms with Crippen LogP contribution in [0.3, 0.4) is 0 Å². The number of nitrogens with zero attached hydrogens (tertiary/aromatic N) is 1. The van der Waals surface area contributed by atoms with Crippen LogP contribution in [0.2, 0.25) is 0 Å². The molecule has 2 aromatic carbocycles. The van der Waals surface area contributed by atoms with Crippen molar-refractivity contribution in [1.29, 1.82) is 5.26 Å². The highest BCUT2D eigenvalue weighted by molar-refractivity contribution is 5.97. The molecule has 1 aliphatic carbocycles. The molecule has 0 aromatic heterocycles. The van der Waals surface area contributed by atoms with E-state index in [1.807, 2.05) is 6.07 Å². The van der Waals surface area contributed by atoms with Gasteiger partial charge in [0.25, 0.3) is 11.8 Å². The number of nitrogens with one attached hydrogen (secondary N) is 3. The summed E-state index contributed by atoms with van der Waals surface area (Å²) < 4.78 is 38.5. The van der Waals surface area contributed by atoms with Crippen LogP contribution < -0.4 is 16.0 Å². The van der Waals surface area contributed by atoms with E-state index >= 15 is 0 Å². The van der Waals surface area contributed by atoms with E-state index in [-0.39, 0.29) is 23.6 Å². The summed E-state index contributed by atoms with van der Waals surface area (Å²) >= 11 is 0. The highest BCUT2D eigenvalue weighted by atomic mass is 19.4. The number of halogens is 3. The number of carbonyl (C=O) groups excluding carboxylic acids is 3. The predicted octanol–water partition coefficient (Wildman–Crippen LogP) is 3.16. The number of nitriles is 1. The lowest BCUT2D eigenvalue weighted by molar-refractivity contribution is -0.137. The maximum Gasteiger partial charge on any atom is 0.416 e. The summed E-state index contributed by atoms with van der Waals surface area (Å²) in [4.78, 5) is 37.2. The molecule has 3 amide bonds. The average Bonchev–Trinajstić information content (AvgIpc) is 2.83. The minimum Gasteiger partial charge on any atom is -0.350 e. The molecule has 2 atom stereocenters. The largest absolute Gasteiger partial charge is 0.416 e. The molecule has 3 rings (SSSR count). The topological polar surface area (TPSA) is 111 Å². The van der Waals surface area contributed by atoms with Crippen molar-refractivity contribution in [3.05, 3.63) is 70.8 Å². The Morgan fingerprint density at radius 2 is 1.56 bits per heavy atom. The molecule has 2 aromatic rings. The minimum absolute atomic E-state index is 0.201. The highest BCUT2D eigenvalue weighted by Crippen LogP contribution is 2.29. The van der Waals surface area contributed by atoms with Gasteiger partial charge in [0, 0.05) is 23.2 Å². The Hall–Kier alpha value is -3.87. The molecule has 0 heterocycles. The van der Waals surface area contributed by atoms with Gasteiger partial charge in [-0.2, -0.15) is 18.4 Å². The first kappa shape index (κ1) is 24.8. The molecule has 34 heavy (non-hydrogen) atoms. The van der Waals surface area contributed by atoms with Crippen molar-refractivity contribution in [3.63, 3.8) is 0 Å². The van der Waals surface area contributed by atoms with Gasteiger partial charge in [-0.25, -0.2) is 0 Å². The molecule has 1 aliphatic rings. The summed E-state index contributed by atoms with van der Waals surface area (Å²) in [6.45, 7) is -0.415. The summed E-state index contributed by atoms with van der Waals surface area (Å²) in [5, 5.41) is 16.9. The molecule has 0 aliphatic heterocycles. The van der Waals surface area contributed by atoms with E-state index in [2.05, 4.69) is 16.0 Å². The number of alkyl halides is 3. The Morgan fingerprint density at radius 3 is 2.18 bits per heavy atom. The predicted molar refractivity (Wildman–Crippen MR) is 117 cm³/mol. The van der Waals surface area contributed by atoms with E-state index in [4.69, 9.17) is 5.26 Å². The SMILES string of the molecule is N#Cc1ccc(C(=O)N[C@H]2CCCC[C@H]2NC(=O)CNC(=O)c2cccc(C(F)(F)F)c2)cc1. The summed E-state index contributed by atoms with van der Waals surface area (Å²) in [6, 6.07) is 11.4. The number of amides is 3. The molecule has 0 bridgehead atoms. The van der Waals surface area contributed by atoms with E-state index in [0.29, 0.717) is 24.0 Å². The molecular weight excluding hydrogens is 449 g/mol. The second-order valence-corrected chi connectivity index (χ2v) is 7.99. The molecule has 0 saturated heterocycles. The molecule has 178 valence electrons. The van der Waals surface area contributed by atoms with E-state index in [1.54, 1.807) is 24.3 Å². The summed E-state index contributed by atoms with van der Waals surface area (Å²) in [6.07, 6.45) is -1.57. The zero-order valence-corrected chi connectivity index (χ0v) is 18.1. The fraction of sp³-hybridized carbons (Fsp3) is 0.333. The molecule has 1 saturated carbocycles. The average molecular weight is 472 g/mol. The lowest BCUT2D eigenvalue weighted by atomic mass is 9.90. The van der Waals surface area contributed by atoms with E-state index in [9.17, 15) is 27.6 Å². The summed E-state index contributed by atoms with van der Waals surface area (Å²) in [5.41, 5.74) is -0.324. The molecular formula is C24H23F3N4O3. The van der Waals surface area contributed by atoms with Crippen molar-refractivity contribution in [2.24, 2.45) is 0 Å². The highest BCUT2D eigenvalue weighted by Gasteiger charge is 2.31. The molecule has 0 spiro atoms. The molecule has 3 N–H and O–H groups in total. The number of carbonyl (C=O) groups is 3. The van der Waals surface area contributed by atoms with Gasteiger partial charge >= 0.3 is 6.18 Å². The van der Waals surface area contributed by atoms with Crippen LogP contribution in [0.25, 0.3) is 0 Å². The number of rotatable bonds is 6. The minimum atomic E-state index is -4.58. The Kier molecular flexibility index (Phi) is 7.89. The second-order valence-electron chi connectivity index (χ2n) is 7.99. The van der Waals surface area contributed by atoms with Crippen molar-refractivity contribution in [2.45, 2.75) is 43.9 Å². The molecule has 1 fully saturated rings. The normalized spacial score (nSPS) is 17.8. The molecule has 0 unspecified atom stereocenters. The first-order chi connectivity index (χ1) is 16.2. The summed E-state index contributed by atoms with van der Waals surface area (Å²) in [7, 11) is 0.